The summed E-state index contributed by atoms with van der Waals surface area (Å²) in [6.07, 6.45) is 0. The summed E-state index contributed by atoms with van der Waals surface area (Å²) in [4.78, 5) is 0. The highest BCUT2D eigenvalue weighted by atomic mass is 28.3. The minimum absolute atomic E-state index is 1.18. The van der Waals surface area contributed by atoms with Crippen molar-refractivity contribution in [2.75, 3.05) is 0 Å². The molecule has 2 nitrogen and oxygen atoms in total. The zero-order valence-electron chi connectivity index (χ0n) is 27.9. The maximum Gasteiger partial charge on any atom is 0.184 e. The van der Waals surface area contributed by atoms with E-state index in [0.29, 0.717) is 0 Å². The van der Waals surface area contributed by atoms with E-state index in [4.69, 9.17) is 0 Å². The first-order valence-corrected chi connectivity index (χ1v) is 19.7. The maximum atomic E-state index is 2.56. The summed E-state index contributed by atoms with van der Waals surface area (Å²) in [5.74, 6) is 0. The van der Waals surface area contributed by atoms with Crippen molar-refractivity contribution in [2.24, 2.45) is 0 Å². The zero-order valence-corrected chi connectivity index (χ0v) is 28.9. The molecule has 3 heteroatoms. The molecule has 0 saturated heterocycles. The quantitative estimate of drug-likeness (QED) is 0.166. The predicted molar refractivity (Wildman–Crippen MR) is 218 cm³/mol. The molecular weight excluding hydrogens is 633 g/mol. The SMILES string of the molecule is c1ccc(-c2cccc([Si]3(c4ccccc4)c4ccccc4-n4c5ccc(-n6c7ccccc7c7ccccc76)cc5c5cccc3c54)c2)cc1. The summed E-state index contributed by atoms with van der Waals surface area (Å²) in [7, 11) is -2.80. The lowest BCUT2D eigenvalue weighted by atomic mass is 10.1. The van der Waals surface area contributed by atoms with E-state index in [1.54, 1.807) is 0 Å². The number of nitrogens with zero attached hydrogens (tertiary/aromatic N) is 2. The van der Waals surface area contributed by atoms with Gasteiger partial charge < -0.3 is 9.13 Å². The smallest absolute Gasteiger partial charge is 0.184 e. The van der Waals surface area contributed by atoms with Crippen LogP contribution in [-0.4, -0.2) is 17.2 Å². The van der Waals surface area contributed by atoms with E-state index in [-0.39, 0.29) is 0 Å². The van der Waals surface area contributed by atoms with E-state index >= 15 is 0 Å². The van der Waals surface area contributed by atoms with Gasteiger partial charge >= 0.3 is 0 Å². The predicted octanol–water partition coefficient (Wildman–Crippen LogP) is 9.24. The summed E-state index contributed by atoms with van der Waals surface area (Å²) in [6, 6.07) is 72.4. The molecule has 1 aliphatic heterocycles. The number of rotatable bonds is 4. The van der Waals surface area contributed by atoms with Crippen LogP contribution in [0.15, 0.2) is 194 Å². The molecule has 3 heterocycles. The molecule has 0 amide bonds. The Balaban J connectivity index is 1.26. The summed E-state index contributed by atoms with van der Waals surface area (Å²) in [5, 5.41) is 10.8. The second kappa shape index (κ2) is 10.8. The Morgan fingerprint density at radius 1 is 0.333 bits per heavy atom. The van der Waals surface area contributed by atoms with Gasteiger partial charge in [-0.15, -0.1) is 0 Å². The molecule has 8 aromatic carbocycles. The van der Waals surface area contributed by atoms with Crippen LogP contribution < -0.4 is 20.7 Å². The fourth-order valence-corrected chi connectivity index (χ4v) is 14.3. The van der Waals surface area contributed by atoms with Crippen LogP contribution in [0.3, 0.4) is 0 Å². The van der Waals surface area contributed by atoms with Crippen molar-refractivity contribution in [3.05, 3.63) is 194 Å². The fourth-order valence-electron chi connectivity index (χ4n) is 9.12. The first kappa shape index (κ1) is 28.4. The van der Waals surface area contributed by atoms with E-state index in [1.807, 2.05) is 0 Å². The third kappa shape index (κ3) is 3.87. The van der Waals surface area contributed by atoms with E-state index < -0.39 is 8.07 Å². The Kier molecular flexibility index (Phi) is 6.01. The van der Waals surface area contributed by atoms with Gasteiger partial charge in [-0.3, -0.25) is 0 Å². The average Bonchev–Trinajstić information content (AvgIpc) is 3.72. The molecular formula is C48H32N2Si. The van der Waals surface area contributed by atoms with Gasteiger partial charge in [0.1, 0.15) is 0 Å². The molecule has 11 rings (SSSR count). The standard InChI is InChI=1S/C48H32N2Si/c1-3-15-33(16-4-1)34-17-13-20-37(31-34)51(36-18-5-2-6-19-36)46-27-12-11-26-45(46)50-44-30-29-35(32-41(44)40-23-14-28-47(51)48(40)50)49-42-24-9-7-21-38(42)39-22-8-10-25-43(39)49/h1-32H. The second-order valence-corrected chi connectivity index (χ2v) is 17.4. The molecule has 0 aliphatic carbocycles. The minimum atomic E-state index is -2.80. The summed E-state index contributed by atoms with van der Waals surface area (Å²) >= 11 is 0. The van der Waals surface area contributed by atoms with E-state index in [0.717, 1.165) is 0 Å². The van der Waals surface area contributed by atoms with Crippen molar-refractivity contribution >= 4 is 72.4 Å². The molecule has 2 aromatic heterocycles. The molecule has 0 spiro atoms. The average molecular weight is 665 g/mol. The van der Waals surface area contributed by atoms with Crippen molar-refractivity contribution in [1.29, 1.82) is 0 Å². The zero-order chi connectivity index (χ0) is 33.5. The first-order valence-electron chi connectivity index (χ1n) is 17.7. The van der Waals surface area contributed by atoms with Gasteiger partial charge in [0, 0.05) is 32.9 Å². The van der Waals surface area contributed by atoms with E-state index in [1.165, 1.54) is 86.9 Å². The van der Waals surface area contributed by atoms with Gasteiger partial charge in [0.2, 0.25) is 0 Å². The number of para-hydroxylation sites is 4. The summed E-state index contributed by atoms with van der Waals surface area (Å²) in [5.41, 5.74) is 9.97. The molecule has 1 atom stereocenters. The van der Waals surface area contributed by atoms with Gasteiger partial charge in [-0.1, -0.05) is 158 Å². The summed E-state index contributed by atoms with van der Waals surface area (Å²) in [6.45, 7) is 0. The lowest BCUT2D eigenvalue weighted by Crippen LogP contribution is -2.76. The Hall–Kier alpha value is -6.42. The number of hydrogen-bond acceptors (Lipinski definition) is 0. The maximum absolute atomic E-state index is 2.80. The third-order valence-electron chi connectivity index (χ3n) is 11.2. The van der Waals surface area contributed by atoms with Gasteiger partial charge in [0.05, 0.1) is 22.1 Å². The number of fused-ring (bicyclic) bond motifs is 8. The first-order chi connectivity index (χ1) is 25.3. The van der Waals surface area contributed by atoms with Crippen LogP contribution in [-0.2, 0) is 0 Å². The van der Waals surface area contributed by atoms with Gasteiger partial charge in [0.15, 0.2) is 8.07 Å². The molecule has 0 bridgehead atoms. The van der Waals surface area contributed by atoms with Crippen molar-refractivity contribution in [3.63, 3.8) is 0 Å². The van der Waals surface area contributed by atoms with Gasteiger partial charge in [-0.25, -0.2) is 0 Å². The van der Waals surface area contributed by atoms with Gasteiger partial charge in [0.25, 0.3) is 0 Å². The van der Waals surface area contributed by atoms with Crippen LogP contribution in [0.1, 0.15) is 0 Å². The molecule has 0 fully saturated rings. The normalized spacial score (nSPS) is 15.1. The van der Waals surface area contributed by atoms with Crippen molar-refractivity contribution < 1.29 is 0 Å². The molecule has 1 aliphatic rings. The lowest BCUT2D eigenvalue weighted by Gasteiger charge is -2.40. The number of hydrogen-bond donors (Lipinski definition) is 0. The van der Waals surface area contributed by atoms with Crippen LogP contribution in [0.5, 0.6) is 0 Å². The largest absolute Gasteiger partial charge is 0.309 e. The molecule has 51 heavy (non-hydrogen) atoms. The second-order valence-electron chi connectivity index (χ2n) is 13.7. The minimum Gasteiger partial charge on any atom is -0.309 e. The molecule has 0 radical (unpaired) electrons. The van der Waals surface area contributed by atoms with Crippen LogP contribution in [0.4, 0.5) is 0 Å². The van der Waals surface area contributed by atoms with E-state index in [9.17, 15) is 0 Å². The van der Waals surface area contributed by atoms with Gasteiger partial charge in [-0.2, -0.15) is 0 Å². The number of benzene rings is 8. The van der Waals surface area contributed by atoms with Crippen LogP contribution in [0.25, 0.3) is 66.1 Å². The molecule has 1 unspecified atom stereocenters. The monoisotopic (exact) mass is 664 g/mol. The molecule has 238 valence electrons. The van der Waals surface area contributed by atoms with Crippen molar-refractivity contribution in [2.45, 2.75) is 0 Å². The Labute approximate surface area is 297 Å². The van der Waals surface area contributed by atoms with Crippen LogP contribution in [0, 0.1) is 0 Å². The van der Waals surface area contributed by atoms with Crippen LogP contribution >= 0.6 is 0 Å². The molecule has 10 aromatic rings. The fraction of sp³-hybridized carbons (Fsp3) is 0. The van der Waals surface area contributed by atoms with E-state index in [2.05, 4.69) is 203 Å². The van der Waals surface area contributed by atoms with Crippen molar-refractivity contribution in [1.82, 2.24) is 9.13 Å². The highest BCUT2D eigenvalue weighted by Gasteiger charge is 2.47. The molecule has 0 saturated carbocycles. The summed E-state index contributed by atoms with van der Waals surface area (Å²) < 4.78 is 4.99. The Bertz CT molecular complexity index is 2920. The highest BCUT2D eigenvalue weighted by molar-refractivity contribution is 7.21. The Morgan fingerprint density at radius 2 is 0.902 bits per heavy atom. The highest BCUT2D eigenvalue weighted by Crippen LogP contribution is 2.38. The van der Waals surface area contributed by atoms with Crippen LogP contribution in [0.2, 0.25) is 0 Å². The lowest BCUT2D eigenvalue weighted by molar-refractivity contribution is 1.17. The topological polar surface area (TPSA) is 9.86 Å². The number of aromatic nitrogens is 2. The Morgan fingerprint density at radius 3 is 1.69 bits per heavy atom. The molecule has 0 N–H and O–H groups in total. The van der Waals surface area contributed by atoms with Gasteiger partial charge in [-0.05, 0) is 68.3 Å². The third-order valence-corrected chi connectivity index (χ3v) is 16.0. The van der Waals surface area contributed by atoms with Crippen molar-refractivity contribution in [3.8, 4) is 22.5 Å².